The van der Waals surface area contributed by atoms with Gasteiger partial charge in [-0.3, -0.25) is 0 Å². The molecule has 0 unspecified atom stereocenters. The average Bonchev–Trinajstić information content (AvgIpc) is 2.16. The first-order valence-corrected chi connectivity index (χ1v) is 5.85. The molecule has 0 aliphatic carbocycles. The second kappa shape index (κ2) is 5.06. The minimum Gasteiger partial charge on any atom is -0.480 e. The Morgan fingerprint density at radius 1 is 1.31 bits per heavy atom. The highest BCUT2D eigenvalue weighted by molar-refractivity contribution is 7.89. The van der Waals surface area contributed by atoms with E-state index in [0.29, 0.717) is 5.56 Å². The standard InChI is InChI=1S/C9H11NO5S/c10-16(13,14)8-3-1-7(2-4-8)5-15-6-9(11)12/h1-4H,5-6H2,(H,11,12)(H2,10,13,14). The van der Waals surface area contributed by atoms with E-state index < -0.39 is 22.6 Å². The van der Waals surface area contributed by atoms with Crippen LogP contribution in [-0.4, -0.2) is 26.1 Å². The number of nitrogens with two attached hydrogens (primary N) is 1. The number of primary sulfonamides is 1. The highest BCUT2D eigenvalue weighted by Gasteiger charge is 2.06. The zero-order chi connectivity index (χ0) is 12.2. The Hall–Kier alpha value is -1.44. The second-order valence-electron chi connectivity index (χ2n) is 3.08. The van der Waals surface area contributed by atoms with Crippen molar-refractivity contribution >= 4 is 16.0 Å². The first-order chi connectivity index (χ1) is 7.39. The van der Waals surface area contributed by atoms with E-state index in [9.17, 15) is 13.2 Å². The monoisotopic (exact) mass is 245 g/mol. The molecule has 88 valence electrons. The summed E-state index contributed by atoms with van der Waals surface area (Å²) in [5, 5.41) is 13.2. The minimum absolute atomic E-state index is 0.00878. The summed E-state index contributed by atoms with van der Waals surface area (Å²) in [6, 6.07) is 5.72. The first kappa shape index (κ1) is 12.6. The van der Waals surface area contributed by atoms with Crippen molar-refractivity contribution in [3.63, 3.8) is 0 Å². The van der Waals surface area contributed by atoms with Gasteiger partial charge in [0.2, 0.25) is 10.0 Å². The Balaban J connectivity index is 2.62. The van der Waals surface area contributed by atoms with Gasteiger partial charge in [0.15, 0.2) is 0 Å². The molecule has 0 saturated carbocycles. The zero-order valence-corrected chi connectivity index (χ0v) is 9.11. The topological polar surface area (TPSA) is 107 Å². The number of aliphatic carboxylic acids is 1. The van der Waals surface area contributed by atoms with Gasteiger partial charge in [0.25, 0.3) is 0 Å². The van der Waals surface area contributed by atoms with Crippen LogP contribution in [0.5, 0.6) is 0 Å². The summed E-state index contributed by atoms with van der Waals surface area (Å²) in [5.41, 5.74) is 0.675. The van der Waals surface area contributed by atoms with E-state index in [1.54, 1.807) is 0 Å². The number of rotatable bonds is 5. The van der Waals surface area contributed by atoms with Gasteiger partial charge in [0, 0.05) is 0 Å². The molecule has 0 atom stereocenters. The molecule has 1 aromatic rings. The quantitative estimate of drug-likeness (QED) is 0.755. The van der Waals surface area contributed by atoms with Crippen LogP contribution in [0, 0.1) is 0 Å². The molecular weight excluding hydrogens is 234 g/mol. The Morgan fingerprint density at radius 2 is 1.88 bits per heavy atom. The summed E-state index contributed by atoms with van der Waals surface area (Å²) in [6.45, 7) is -0.284. The van der Waals surface area contributed by atoms with Gasteiger partial charge in [-0.1, -0.05) is 12.1 Å². The van der Waals surface area contributed by atoms with Crippen LogP contribution >= 0.6 is 0 Å². The van der Waals surface area contributed by atoms with Gasteiger partial charge in [-0.2, -0.15) is 0 Å². The zero-order valence-electron chi connectivity index (χ0n) is 8.29. The molecule has 0 amide bonds. The maximum Gasteiger partial charge on any atom is 0.329 e. The van der Waals surface area contributed by atoms with Crippen molar-refractivity contribution < 1.29 is 23.1 Å². The van der Waals surface area contributed by atoms with Gasteiger partial charge in [-0.05, 0) is 17.7 Å². The van der Waals surface area contributed by atoms with Crippen molar-refractivity contribution in [2.45, 2.75) is 11.5 Å². The number of ether oxygens (including phenoxy) is 1. The van der Waals surface area contributed by atoms with Gasteiger partial charge >= 0.3 is 5.97 Å². The van der Waals surface area contributed by atoms with Crippen molar-refractivity contribution in [1.29, 1.82) is 0 Å². The van der Waals surface area contributed by atoms with E-state index in [2.05, 4.69) is 0 Å². The van der Waals surface area contributed by atoms with Crippen LogP contribution in [0.3, 0.4) is 0 Å². The summed E-state index contributed by atoms with van der Waals surface area (Å²) in [7, 11) is -3.69. The molecule has 0 spiro atoms. The highest BCUT2D eigenvalue weighted by atomic mass is 32.2. The lowest BCUT2D eigenvalue weighted by atomic mass is 10.2. The molecule has 3 N–H and O–H groups in total. The fourth-order valence-electron chi connectivity index (χ4n) is 1.03. The number of hydrogen-bond donors (Lipinski definition) is 2. The maximum absolute atomic E-state index is 10.9. The SMILES string of the molecule is NS(=O)(=O)c1ccc(COCC(=O)O)cc1. The molecule has 0 heterocycles. The lowest BCUT2D eigenvalue weighted by Crippen LogP contribution is -2.12. The molecule has 1 aromatic carbocycles. The number of carboxylic acid groups (broad SMARTS) is 1. The normalized spacial score (nSPS) is 11.3. The number of benzene rings is 1. The number of carbonyl (C=O) groups is 1. The van der Waals surface area contributed by atoms with Gasteiger partial charge in [-0.25, -0.2) is 18.4 Å². The van der Waals surface area contributed by atoms with Crippen molar-refractivity contribution in [3.8, 4) is 0 Å². The van der Waals surface area contributed by atoms with Crippen LogP contribution in [0.4, 0.5) is 0 Å². The highest BCUT2D eigenvalue weighted by Crippen LogP contribution is 2.09. The molecule has 0 saturated heterocycles. The Bertz CT molecular complexity index is 465. The van der Waals surface area contributed by atoms with Crippen molar-refractivity contribution in [3.05, 3.63) is 29.8 Å². The molecule has 0 radical (unpaired) electrons. The van der Waals surface area contributed by atoms with Crippen molar-refractivity contribution in [2.75, 3.05) is 6.61 Å². The lowest BCUT2D eigenvalue weighted by molar-refractivity contribution is -0.142. The van der Waals surface area contributed by atoms with Gasteiger partial charge < -0.3 is 9.84 Å². The van der Waals surface area contributed by atoms with E-state index in [-0.39, 0.29) is 11.5 Å². The summed E-state index contributed by atoms with van der Waals surface area (Å²) < 4.78 is 26.7. The molecule has 1 rings (SSSR count). The molecule has 0 bridgehead atoms. The van der Waals surface area contributed by atoms with Gasteiger partial charge in [0.05, 0.1) is 11.5 Å². The molecule has 0 fully saturated rings. The predicted molar refractivity (Wildman–Crippen MR) is 55.1 cm³/mol. The Kier molecular flexibility index (Phi) is 3.99. The maximum atomic E-state index is 10.9. The molecule has 0 aliphatic rings. The van der Waals surface area contributed by atoms with Crippen LogP contribution in [0.2, 0.25) is 0 Å². The van der Waals surface area contributed by atoms with Crippen LogP contribution in [0.25, 0.3) is 0 Å². The van der Waals surface area contributed by atoms with E-state index in [0.717, 1.165) is 0 Å². The van der Waals surface area contributed by atoms with E-state index in [4.69, 9.17) is 15.0 Å². The van der Waals surface area contributed by atoms with Crippen LogP contribution in [-0.2, 0) is 26.2 Å². The Morgan fingerprint density at radius 3 is 2.31 bits per heavy atom. The number of carboxylic acids is 1. The summed E-state index contributed by atoms with van der Waals surface area (Å²) in [4.78, 5) is 10.2. The molecule has 6 nitrogen and oxygen atoms in total. The third kappa shape index (κ3) is 3.97. The third-order valence-electron chi connectivity index (χ3n) is 1.75. The number of sulfonamides is 1. The average molecular weight is 245 g/mol. The fourth-order valence-corrected chi connectivity index (χ4v) is 1.55. The second-order valence-corrected chi connectivity index (χ2v) is 4.64. The van der Waals surface area contributed by atoms with Crippen LogP contribution in [0.1, 0.15) is 5.56 Å². The van der Waals surface area contributed by atoms with Crippen LogP contribution in [0.15, 0.2) is 29.2 Å². The predicted octanol–water partition coefficient (Wildman–Crippen LogP) is -0.0648. The van der Waals surface area contributed by atoms with Crippen molar-refractivity contribution in [2.24, 2.45) is 5.14 Å². The Labute approximate surface area is 92.7 Å². The summed E-state index contributed by atoms with van der Waals surface area (Å²) in [6.07, 6.45) is 0. The summed E-state index contributed by atoms with van der Waals surface area (Å²) >= 11 is 0. The number of hydrogen-bond acceptors (Lipinski definition) is 4. The molecule has 0 aromatic heterocycles. The largest absolute Gasteiger partial charge is 0.480 e. The lowest BCUT2D eigenvalue weighted by Gasteiger charge is -2.02. The molecule has 16 heavy (non-hydrogen) atoms. The van der Waals surface area contributed by atoms with Gasteiger partial charge in [-0.15, -0.1) is 0 Å². The first-order valence-electron chi connectivity index (χ1n) is 4.31. The van der Waals surface area contributed by atoms with Gasteiger partial charge in [0.1, 0.15) is 6.61 Å². The molecule has 7 heteroatoms. The third-order valence-corrected chi connectivity index (χ3v) is 2.68. The van der Waals surface area contributed by atoms with Crippen molar-refractivity contribution in [1.82, 2.24) is 0 Å². The van der Waals surface area contributed by atoms with E-state index >= 15 is 0 Å². The molecule has 0 aliphatic heterocycles. The minimum atomic E-state index is -3.69. The van der Waals surface area contributed by atoms with E-state index in [1.807, 2.05) is 0 Å². The molecular formula is C9H11NO5S. The smallest absolute Gasteiger partial charge is 0.329 e. The summed E-state index contributed by atoms with van der Waals surface area (Å²) in [5.74, 6) is -1.05. The fraction of sp³-hybridized carbons (Fsp3) is 0.222. The van der Waals surface area contributed by atoms with Crippen LogP contribution < -0.4 is 5.14 Å². The van der Waals surface area contributed by atoms with E-state index in [1.165, 1.54) is 24.3 Å².